The topological polar surface area (TPSA) is 163 Å². The summed E-state index contributed by atoms with van der Waals surface area (Å²) in [7, 11) is 0. The highest BCUT2D eigenvalue weighted by Crippen LogP contribution is 2.33. The molecule has 0 radical (unpaired) electrons. The van der Waals surface area contributed by atoms with Crippen LogP contribution in [-0.4, -0.2) is 39.4 Å². The summed E-state index contributed by atoms with van der Waals surface area (Å²) in [5.74, 6) is 9.70. The van der Waals surface area contributed by atoms with Gasteiger partial charge in [0.25, 0.3) is 11.1 Å². The maximum Gasteiger partial charge on any atom is 0.293 e. The number of nitrogens with two attached hydrogens (primary N) is 2. The predicted molar refractivity (Wildman–Crippen MR) is 128 cm³/mol. The van der Waals surface area contributed by atoms with Crippen molar-refractivity contribution in [1.29, 1.82) is 0 Å². The van der Waals surface area contributed by atoms with Crippen LogP contribution in [0, 0.1) is 6.92 Å². The summed E-state index contributed by atoms with van der Waals surface area (Å²) in [6, 6.07) is 12.0. The van der Waals surface area contributed by atoms with Crippen LogP contribution in [0.15, 0.2) is 52.5 Å². The SMILES string of the molecule is Cc1ccccc1/C=C1\SC(=O)N(CCCC(=O)Nc2ccc(/C(=N/N)NN)c(O)c2)C1=O. The van der Waals surface area contributed by atoms with Crippen molar-refractivity contribution in [2.24, 2.45) is 16.8 Å². The van der Waals surface area contributed by atoms with Gasteiger partial charge < -0.3 is 21.7 Å². The number of phenols is 1. The number of aryl methyl sites for hydroxylation is 1. The minimum Gasteiger partial charge on any atom is -0.507 e. The quantitative estimate of drug-likeness (QED) is 0.136. The van der Waals surface area contributed by atoms with Gasteiger partial charge in [-0.25, -0.2) is 5.84 Å². The molecule has 0 unspecified atom stereocenters. The summed E-state index contributed by atoms with van der Waals surface area (Å²) in [5.41, 5.74) is 4.78. The Morgan fingerprint density at radius 3 is 2.67 bits per heavy atom. The molecule has 1 aliphatic heterocycles. The molecule has 0 saturated carbocycles. The van der Waals surface area contributed by atoms with Gasteiger partial charge in [0.15, 0.2) is 5.84 Å². The number of nitrogens with one attached hydrogen (secondary N) is 2. The minimum atomic E-state index is -0.361. The van der Waals surface area contributed by atoms with Crippen LogP contribution in [0.3, 0.4) is 0 Å². The van der Waals surface area contributed by atoms with E-state index in [1.165, 1.54) is 12.1 Å². The fourth-order valence-electron chi connectivity index (χ4n) is 3.20. The van der Waals surface area contributed by atoms with Gasteiger partial charge in [-0.3, -0.25) is 19.3 Å². The highest BCUT2D eigenvalue weighted by atomic mass is 32.2. The van der Waals surface area contributed by atoms with Crippen molar-refractivity contribution >= 4 is 46.4 Å². The number of carbonyl (C=O) groups excluding carboxylic acids is 3. The number of anilines is 1. The first-order valence-corrected chi connectivity index (χ1v) is 10.8. The van der Waals surface area contributed by atoms with Crippen LogP contribution in [0.1, 0.15) is 29.5 Å². The van der Waals surface area contributed by atoms with E-state index < -0.39 is 0 Å². The summed E-state index contributed by atoms with van der Waals surface area (Å²) < 4.78 is 0. The molecule has 3 rings (SSSR count). The molecule has 0 aliphatic carbocycles. The second kappa shape index (κ2) is 10.7. The van der Waals surface area contributed by atoms with E-state index in [2.05, 4.69) is 15.8 Å². The van der Waals surface area contributed by atoms with E-state index in [1.807, 2.05) is 31.2 Å². The summed E-state index contributed by atoms with van der Waals surface area (Å²) >= 11 is 0.893. The molecule has 172 valence electrons. The molecule has 2 aromatic carbocycles. The van der Waals surface area contributed by atoms with Gasteiger partial charge in [-0.05, 0) is 54.4 Å². The summed E-state index contributed by atoms with van der Waals surface area (Å²) in [6.45, 7) is 2.06. The number of hydrazine groups is 1. The van der Waals surface area contributed by atoms with E-state index in [-0.39, 0.29) is 47.2 Å². The Bertz CT molecular complexity index is 1150. The molecule has 10 nitrogen and oxygen atoms in total. The largest absolute Gasteiger partial charge is 0.507 e. The van der Waals surface area contributed by atoms with Crippen LogP contribution in [0.4, 0.5) is 10.5 Å². The molecular weight excluding hydrogens is 444 g/mol. The molecule has 1 aliphatic rings. The zero-order valence-corrected chi connectivity index (χ0v) is 18.7. The van der Waals surface area contributed by atoms with Gasteiger partial charge >= 0.3 is 0 Å². The van der Waals surface area contributed by atoms with E-state index in [4.69, 9.17) is 11.7 Å². The Labute approximate surface area is 194 Å². The zero-order chi connectivity index (χ0) is 24.0. The highest BCUT2D eigenvalue weighted by Gasteiger charge is 2.34. The van der Waals surface area contributed by atoms with Crippen LogP contribution < -0.4 is 22.4 Å². The number of amidine groups is 1. The number of rotatable bonds is 7. The summed E-state index contributed by atoms with van der Waals surface area (Å²) in [4.78, 5) is 38.7. The first-order chi connectivity index (χ1) is 15.8. The normalized spacial score (nSPS) is 15.3. The third-order valence-electron chi connectivity index (χ3n) is 4.94. The number of amides is 3. The average molecular weight is 469 g/mol. The van der Waals surface area contributed by atoms with Crippen LogP contribution >= 0.6 is 11.8 Å². The minimum absolute atomic E-state index is 0.0824. The second-order valence-corrected chi connectivity index (χ2v) is 8.19. The highest BCUT2D eigenvalue weighted by molar-refractivity contribution is 8.18. The van der Waals surface area contributed by atoms with Gasteiger partial charge in [-0.1, -0.05) is 24.3 Å². The molecule has 0 spiro atoms. The molecular formula is C22H24N6O4S. The third-order valence-corrected chi connectivity index (χ3v) is 5.84. The zero-order valence-electron chi connectivity index (χ0n) is 17.9. The van der Waals surface area contributed by atoms with Crippen molar-refractivity contribution in [2.75, 3.05) is 11.9 Å². The second-order valence-electron chi connectivity index (χ2n) is 7.20. The van der Waals surface area contributed by atoms with Gasteiger partial charge in [0.1, 0.15) is 5.75 Å². The number of hydrogen-bond donors (Lipinski definition) is 5. The maximum absolute atomic E-state index is 12.6. The number of benzene rings is 2. The molecule has 0 atom stereocenters. The molecule has 3 amide bonds. The van der Waals surface area contributed by atoms with Crippen molar-refractivity contribution in [3.63, 3.8) is 0 Å². The molecule has 7 N–H and O–H groups in total. The van der Waals surface area contributed by atoms with Gasteiger partial charge in [0.05, 0.1) is 10.5 Å². The van der Waals surface area contributed by atoms with Crippen molar-refractivity contribution in [3.05, 3.63) is 64.1 Å². The lowest BCUT2D eigenvalue weighted by atomic mass is 10.1. The smallest absolute Gasteiger partial charge is 0.293 e. The first-order valence-electron chi connectivity index (χ1n) is 10.0. The number of imide groups is 1. The Morgan fingerprint density at radius 2 is 2.00 bits per heavy atom. The lowest BCUT2D eigenvalue weighted by molar-refractivity contribution is -0.123. The molecule has 2 aromatic rings. The Kier molecular flexibility index (Phi) is 7.70. The number of carbonyl (C=O) groups is 3. The first kappa shape index (κ1) is 23.8. The predicted octanol–water partition coefficient (Wildman–Crippen LogP) is 2.24. The van der Waals surface area contributed by atoms with Crippen molar-refractivity contribution in [1.82, 2.24) is 10.3 Å². The molecule has 11 heteroatoms. The molecule has 33 heavy (non-hydrogen) atoms. The van der Waals surface area contributed by atoms with Gasteiger partial charge in [0.2, 0.25) is 5.91 Å². The third kappa shape index (κ3) is 5.70. The fourth-order valence-corrected chi connectivity index (χ4v) is 4.05. The van der Waals surface area contributed by atoms with Crippen molar-refractivity contribution in [3.8, 4) is 5.75 Å². The Morgan fingerprint density at radius 1 is 1.24 bits per heavy atom. The van der Waals surface area contributed by atoms with Crippen LogP contribution in [0.25, 0.3) is 6.08 Å². The monoisotopic (exact) mass is 468 g/mol. The number of hydrazone groups is 1. The number of phenolic OH excluding ortho intramolecular Hbond substituents is 1. The fraction of sp³-hybridized carbons (Fsp3) is 0.182. The summed E-state index contributed by atoms with van der Waals surface area (Å²) in [5, 5.41) is 15.8. The Hall–Kier alpha value is -3.83. The standard InChI is InChI=1S/C22H24N6O4S/c1-13-5-2-3-6-14(13)11-18-21(31)28(22(32)33-18)10-4-7-19(30)25-15-8-9-16(17(29)12-15)20(26-23)27-24/h2-3,5-6,8-9,11-12,29H,4,7,10,23-24H2,1H3,(H,25,30)(H,26,27)/b18-11-. The molecule has 0 bridgehead atoms. The average Bonchev–Trinajstić information content (AvgIpc) is 3.05. The van der Waals surface area contributed by atoms with E-state index >= 15 is 0 Å². The molecule has 1 fully saturated rings. The number of hydrogen-bond acceptors (Lipinski definition) is 8. The van der Waals surface area contributed by atoms with Gasteiger partial charge in [0, 0.05) is 24.7 Å². The lowest BCUT2D eigenvalue weighted by Gasteiger charge is -2.13. The van der Waals surface area contributed by atoms with Crippen LogP contribution in [-0.2, 0) is 9.59 Å². The summed E-state index contributed by atoms with van der Waals surface area (Å²) in [6.07, 6.45) is 2.09. The van der Waals surface area contributed by atoms with E-state index in [1.54, 1.807) is 12.1 Å². The van der Waals surface area contributed by atoms with Gasteiger partial charge in [-0.15, -0.1) is 0 Å². The Balaban J connectivity index is 1.54. The molecule has 0 aromatic heterocycles. The van der Waals surface area contributed by atoms with Crippen molar-refractivity contribution < 1.29 is 19.5 Å². The lowest BCUT2D eigenvalue weighted by Crippen LogP contribution is -2.32. The van der Waals surface area contributed by atoms with Crippen LogP contribution in [0.5, 0.6) is 5.75 Å². The maximum atomic E-state index is 12.6. The van der Waals surface area contributed by atoms with E-state index in [0.29, 0.717) is 17.0 Å². The van der Waals surface area contributed by atoms with Crippen molar-refractivity contribution in [2.45, 2.75) is 19.8 Å². The molecule has 1 heterocycles. The van der Waals surface area contributed by atoms with Crippen LogP contribution in [0.2, 0.25) is 0 Å². The number of aromatic hydroxyl groups is 1. The van der Waals surface area contributed by atoms with E-state index in [9.17, 15) is 19.5 Å². The number of thioether (sulfide) groups is 1. The number of nitrogens with zero attached hydrogens (tertiary/aromatic N) is 2. The van der Waals surface area contributed by atoms with Gasteiger partial charge in [-0.2, -0.15) is 5.10 Å². The molecule has 1 saturated heterocycles. The van der Waals surface area contributed by atoms with E-state index in [0.717, 1.165) is 27.8 Å².